The van der Waals surface area contributed by atoms with Crippen molar-refractivity contribution in [2.24, 2.45) is 5.92 Å². The Morgan fingerprint density at radius 1 is 1.27 bits per heavy atom. The number of aromatic hydroxyl groups is 1. The standard InChI is InChI=1S/C21H22N2O3/c1-12(24)22-7-6-16-10-14(8-13-2-3-13)9-15-4-5-17-20(19(15)16)18(25)11-23-21(17)26/h4-5,9-11,13,25H,2-3,6-8H2,1H3,(H,22,24)(H,23,26). The summed E-state index contributed by atoms with van der Waals surface area (Å²) in [6.07, 6.45) is 5.63. The summed E-state index contributed by atoms with van der Waals surface area (Å²) >= 11 is 0. The van der Waals surface area contributed by atoms with E-state index < -0.39 is 0 Å². The van der Waals surface area contributed by atoms with Gasteiger partial charge in [0.05, 0.1) is 5.39 Å². The molecule has 3 aromatic rings. The highest BCUT2D eigenvalue weighted by atomic mass is 16.3. The summed E-state index contributed by atoms with van der Waals surface area (Å²) in [6.45, 7) is 2.03. The molecule has 5 nitrogen and oxygen atoms in total. The fourth-order valence-corrected chi connectivity index (χ4v) is 3.71. The molecule has 1 aliphatic rings. The molecule has 1 fully saturated rings. The van der Waals surface area contributed by atoms with Gasteiger partial charge in [0.2, 0.25) is 5.91 Å². The van der Waals surface area contributed by atoms with Gasteiger partial charge in [0.1, 0.15) is 5.75 Å². The van der Waals surface area contributed by atoms with Crippen LogP contribution < -0.4 is 10.9 Å². The van der Waals surface area contributed by atoms with Crippen LogP contribution in [0.2, 0.25) is 0 Å². The molecule has 3 N–H and O–H groups in total. The van der Waals surface area contributed by atoms with E-state index in [2.05, 4.69) is 22.4 Å². The first-order valence-corrected chi connectivity index (χ1v) is 9.06. The summed E-state index contributed by atoms with van der Waals surface area (Å²) in [5.41, 5.74) is 2.12. The topological polar surface area (TPSA) is 82.2 Å². The van der Waals surface area contributed by atoms with E-state index >= 15 is 0 Å². The highest BCUT2D eigenvalue weighted by Gasteiger charge is 2.22. The third-order valence-corrected chi connectivity index (χ3v) is 5.09. The molecular weight excluding hydrogens is 328 g/mol. The van der Waals surface area contributed by atoms with E-state index in [0.717, 1.165) is 28.7 Å². The van der Waals surface area contributed by atoms with Crippen LogP contribution in [0.5, 0.6) is 5.75 Å². The lowest BCUT2D eigenvalue weighted by atomic mass is 9.92. The second kappa shape index (κ2) is 6.48. The van der Waals surface area contributed by atoms with Crippen LogP contribution in [0.25, 0.3) is 21.5 Å². The van der Waals surface area contributed by atoms with Crippen molar-refractivity contribution in [3.63, 3.8) is 0 Å². The van der Waals surface area contributed by atoms with E-state index in [-0.39, 0.29) is 17.2 Å². The minimum absolute atomic E-state index is 0.0624. The van der Waals surface area contributed by atoms with E-state index in [1.807, 2.05) is 6.07 Å². The summed E-state index contributed by atoms with van der Waals surface area (Å²) in [5.74, 6) is 0.779. The van der Waals surface area contributed by atoms with Gasteiger partial charge in [0, 0.05) is 25.1 Å². The van der Waals surface area contributed by atoms with E-state index in [4.69, 9.17) is 0 Å². The van der Waals surface area contributed by atoms with Gasteiger partial charge in [-0.15, -0.1) is 0 Å². The van der Waals surface area contributed by atoms with E-state index in [1.54, 1.807) is 6.07 Å². The third kappa shape index (κ3) is 3.17. The molecule has 134 valence electrons. The summed E-state index contributed by atoms with van der Waals surface area (Å²) in [5, 5.41) is 16.2. The maximum absolute atomic E-state index is 12.2. The van der Waals surface area contributed by atoms with Crippen LogP contribution in [0.1, 0.15) is 30.9 Å². The number of amides is 1. The molecule has 0 bridgehead atoms. The summed E-state index contributed by atoms with van der Waals surface area (Å²) in [4.78, 5) is 26.0. The van der Waals surface area contributed by atoms with Crippen molar-refractivity contribution in [2.75, 3.05) is 6.54 Å². The molecule has 0 saturated heterocycles. The van der Waals surface area contributed by atoms with Crippen LogP contribution >= 0.6 is 0 Å². The maximum Gasteiger partial charge on any atom is 0.256 e. The van der Waals surface area contributed by atoms with Gasteiger partial charge < -0.3 is 15.4 Å². The normalized spacial score (nSPS) is 14.0. The zero-order chi connectivity index (χ0) is 18.3. The molecule has 2 aromatic carbocycles. The highest BCUT2D eigenvalue weighted by Crippen LogP contribution is 2.37. The Labute approximate surface area is 151 Å². The Morgan fingerprint density at radius 2 is 2.08 bits per heavy atom. The van der Waals surface area contributed by atoms with Gasteiger partial charge >= 0.3 is 0 Å². The van der Waals surface area contributed by atoms with Crippen molar-refractivity contribution < 1.29 is 9.90 Å². The van der Waals surface area contributed by atoms with Crippen molar-refractivity contribution >= 4 is 27.5 Å². The lowest BCUT2D eigenvalue weighted by molar-refractivity contribution is -0.118. The number of nitrogens with one attached hydrogen (secondary N) is 2. The highest BCUT2D eigenvalue weighted by molar-refractivity contribution is 6.11. The molecule has 0 radical (unpaired) electrons. The quantitative estimate of drug-likeness (QED) is 0.619. The molecular formula is C21H22N2O3. The van der Waals surface area contributed by atoms with Crippen molar-refractivity contribution in [3.05, 3.63) is 51.9 Å². The van der Waals surface area contributed by atoms with E-state index in [1.165, 1.54) is 31.5 Å². The number of benzene rings is 2. The second-order valence-corrected chi connectivity index (χ2v) is 7.22. The Morgan fingerprint density at radius 3 is 2.81 bits per heavy atom. The molecule has 1 heterocycles. The number of rotatable bonds is 5. The van der Waals surface area contributed by atoms with Crippen molar-refractivity contribution in [3.8, 4) is 5.75 Å². The molecule has 1 aliphatic carbocycles. The predicted molar refractivity (Wildman–Crippen MR) is 103 cm³/mol. The monoisotopic (exact) mass is 350 g/mol. The Balaban J connectivity index is 1.91. The second-order valence-electron chi connectivity index (χ2n) is 7.22. The number of carbonyl (C=O) groups is 1. The predicted octanol–water partition coefficient (Wildman–Crippen LogP) is 3.02. The fourth-order valence-electron chi connectivity index (χ4n) is 3.71. The molecule has 0 unspecified atom stereocenters. The van der Waals surface area contributed by atoms with Gasteiger partial charge in [-0.3, -0.25) is 9.59 Å². The zero-order valence-corrected chi connectivity index (χ0v) is 14.8. The molecule has 0 atom stereocenters. The number of fused-ring (bicyclic) bond motifs is 3. The molecule has 0 aliphatic heterocycles. The number of pyridine rings is 1. The Bertz CT molecular complexity index is 1060. The van der Waals surface area contributed by atoms with Gasteiger partial charge in [0.15, 0.2) is 0 Å². The third-order valence-electron chi connectivity index (χ3n) is 5.09. The largest absolute Gasteiger partial charge is 0.506 e. The van der Waals surface area contributed by atoms with Gasteiger partial charge in [0.25, 0.3) is 5.56 Å². The van der Waals surface area contributed by atoms with Crippen LogP contribution in [0, 0.1) is 5.92 Å². The van der Waals surface area contributed by atoms with Gasteiger partial charge in [-0.05, 0) is 59.6 Å². The summed E-state index contributed by atoms with van der Waals surface area (Å²) in [6, 6.07) is 8.05. The molecule has 4 rings (SSSR count). The average molecular weight is 350 g/mol. The molecule has 1 amide bonds. The van der Waals surface area contributed by atoms with Crippen molar-refractivity contribution in [1.29, 1.82) is 0 Å². The SMILES string of the molecule is CC(=O)NCCc1cc(CC2CC2)cc2ccc3c(=O)[nH]cc(O)c3c12. The smallest absolute Gasteiger partial charge is 0.256 e. The first kappa shape index (κ1) is 16.6. The molecule has 26 heavy (non-hydrogen) atoms. The maximum atomic E-state index is 12.2. The fraction of sp³-hybridized carbons (Fsp3) is 0.333. The Hall–Kier alpha value is -2.82. The average Bonchev–Trinajstić information content (AvgIpc) is 3.41. The lowest BCUT2D eigenvalue weighted by Gasteiger charge is -2.14. The number of aromatic amines is 1. The number of aromatic nitrogens is 1. The van der Waals surface area contributed by atoms with Crippen LogP contribution in [0.15, 0.2) is 35.3 Å². The number of hydrogen-bond donors (Lipinski definition) is 3. The van der Waals surface area contributed by atoms with E-state index in [0.29, 0.717) is 23.7 Å². The van der Waals surface area contributed by atoms with Crippen LogP contribution in [-0.2, 0) is 17.6 Å². The summed E-state index contributed by atoms with van der Waals surface area (Å²) < 4.78 is 0. The van der Waals surface area contributed by atoms with Gasteiger partial charge in [-0.1, -0.05) is 18.2 Å². The van der Waals surface area contributed by atoms with Gasteiger partial charge in [-0.25, -0.2) is 0 Å². The van der Waals surface area contributed by atoms with E-state index in [9.17, 15) is 14.7 Å². The van der Waals surface area contributed by atoms with Crippen molar-refractivity contribution in [1.82, 2.24) is 10.3 Å². The Kier molecular flexibility index (Phi) is 4.15. The van der Waals surface area contributed by atoms with Crippen molar-refractivity contribution in [2.45, 2.75) is 32.6 Å². The minimum Gasteiger partial charge on any atom is -0.506 e. The van der Waals surface area contributed by atoms with Crippen LogP contribution in [0.4, 0.5) is 0 Å². The molecule has 1 aromatic heterocycles. The molecule has 0 spiro atoms. The zero-order valence-electron chi connectivity index (χ0n) is 14.8. The molecule has 1 saturated carbocycles. The first-order chi connectivity index (χ1) is 12.5. The van der Waals surface area contributed by atoms with Gasteiger partial charge in [-0.2, -0.15) is 0 Å². The minimum atomic E-state index is -0.213. The number of hydrogen-bond acceptors (Lipinski definition) is 3. The summed E-state index contributed by atoms with van der Waals surface area (Å²) in [7, 11) is 0. The number of carbonyl (C=O) groups excluding carboxylic acids is 1. The molecule has 5 heteroatoms. The van der Waals surface area contributed by atoms with Crippen LogP contribution in [-0.4, -0.2) is 22.5 Å². The lowest BCUT2D eigenvalue weighted by Crippen LogP contribution is -2.22. The number of H-pyrrole nitrogens is 1. The first-order valence-electron chi connectivity index (χ1n) is 9.06. The van der Waals surface area contributed by atoms with Crippen LogP contribution in [0.3, 0.4) is 0 Å².